The van der Waals surface area contributed by atoms with Gasteiger partial charge in [0.25, 0.3) is 5.56 Å². The number of H-pyrrole nitrogens is 1. The number of nitrogens with zero attached hydrogens (tertiary/aromatic N) is 4. The van der Waals surface area contributed by atoms with Crippen molar-refractivity contribution in [3.63, 3.8) is 0 Å². The highest BCUT2D eigenvalue weighted by atomic mass is 32.1. The van der Waals surface area contributed by atoms with E-state index in [4.69, 9.17) is 0 Å². The van der Waals surface area contributed by atoms with Gasteiger partial charge in [0.15, 0.2) is 0 Å². The molecule has 2 aliphatic rings. The molecule has 1 fully saturated rings. The first-order valence-electron chi connectivity index (χ1n) is 8.78. The fourth-order valence-corrected chi connectivity index (χ4v) is 5.15. The van der Waals surface area contributed by atoms with Gasteiger partial charge in [-0.2, -0.15) is 5.10 Å². The van der Waals surface area contributed by atoms with Crippen LogP contribution < -0.4 is 10.9 Å². The number of hydrogen-bond acceptors (Lipinski definition) is 6. The van der Waals surface area contributed by atoms with E-state index in [0.717, 1.165) is 67.9 Å². The second-order valence-corrected chi connectivity index (χ2v) is 7.64. The second-order valence-electron chi connectivity index (χ2n) is 6.64. The number of hydrogen-bond donors (Lipinski definition) is 2. The Labute approximate surface area is 148 Å². The molecule has 0 saturated carbocycles. The molecule has 25 heavy (non-hydrogen) atoms. The molecule has 0 aromatic carbocycles. The zero-order valence-electron chi connectivity index (χ0n) is 13.9. The van der Waals surface area contributed by atoms with Crippen molar-refractivity contribution >= 4 is 21.6 Å². The molecule has 0 bridgehead atoms. The molecule has 2 N–H and O–H groups in total. The number of rotatable bonds is 3. The SMILES string of the molecule is O=c1[nH]cnc2sc3c(c12)CCc1c-3cnn1CCN1CCNCC1. The number of piperazine rings is 1. The van der Waals surface area contributed by atoms with Crippen molar-refractivity contribution in [2.24, 2.45) is 0 Å². The molecule has 3 aromatic heterocycles. The smallest absolute Gasteiger partial charge is 0.259 e. The van der Waals surface area contributed by atoms with Crippen LogP contribution in [0.3, 0.4) is 0 Å². The maximum atomic E-state index is 12.2. The molecule has 1 aliphatic carbocycles. The number of aromatic amines is 1. The zero-order chi connectivity index (χ0) is 16.8. The predicted octanol–water partition coefficient (Wildman–Crippen LogP) is 0.852. The first-order valence-corrected chi connectivity index (χ1v) is 9.60. The fourth-order valence-electron chi connectivity index (χ4n) is 3.93. The second kappa shape index (κ2) is 6.05. The van der Waals surface area contributed by atoms with E-state index >= 15 is 0 Å². The molecule has 1 saturated heterocycles. The van der Waals surface area contributed by atoms with Crippen LogP contribution in [0, 0.1) is 0 Å². The summed E-state index contributed by atoms with van der Waals surface area (Å²) in [6.07, 6.45) is 5.28. The van der Waals surface area contributed by atoms with Crippen LogP contribution in [0.4, 0.5) is 0 Å². The topological polar surface area (TPSA) is 78.8 Å². The van der Waals surface area contributed by atoms with Crippen molar-refractivity contribution in [3.8, 4) is 10.4 Å². The quantitative estimate of drug-likeness (QED) is 0.727. The highest BCUT2D eigenvalue weighted by molar-refractivity contribution is 7.22. The van der Waals surface area contributed by atoms with Gasteiger partial charge < -0.3 is 10.3 Å². The molecule has 130 valence electrons. The van der Waals surface area contributed by atoms with Gasteiger partial charge in [0.05, 0.1) is 24.5 Å². The minimum absolute atomic E-state index is 0.0305. The molecule has 1 aliphatic heterocycles. The van der Waals surface area contributed by atoms with E-state index in [0.29, 0.717) is 0 Å². The van der Waals surface area contributed by atoms with Gasteiger partial charge in [-0.1, -0.05) is 0 Å². The molecule has 0 atom stereocenters. The highest BCUT2D eigenvalue weighted by Crippen LogP contribution is 2.41. The minimum atomic E-state index is -0.0305. The van der Waals surface area contributed by atoms with Gasteiger partial charge in [-0.3, -0.25) is 14.4 Å². The summed E-state index contributed by atoms with van der Waals surface area (Å²) < 4.78 is 2.16. The molecule has 0 amide bonds. The summed E-state index contributed by atoms with van der Waals surface area (Å²) >= 11 is 1.61. The lowest BCUT2D eigenvalue weighted by Gasteiger charge is -2.27. The van der Waals surface area contributed by atoms with Gasteiger partial charge in [-0.15, -0.1) is 11.3 Å². The normalized spacial score (nSPS) is 17.6. The molecule has 3 aromatic rings. The molecular weight excluding hydrogens is 336 g/mol. The van der Waals surface area contributed by atoms with Gasteiger partial charge in [-0.25, -0.2) is 4.98 Å². The van der Waals surface area contributed by atoms with Crippen molar-refractivity contribution in [2.75, 3.05) is 32.7 Å². The lowest BCUT2D eigenvalue weighted by atomic mass is 9.95. The third-order valence-electron chi connectivity index (χ3n) is 5.24. The maximum absolute atomic E-state index is 12.2. The average Bonchev–Trinajstić information content (AvgIpc) is 3.22. The average molecular weight is 356 g/mol. The molecule has 7 nitrogen and oxygen atoms in total. The lowest BCUT2D eigenvalue weighted by molar-refractivity contribution is 0.228. The summed E-state index contributed by atoms with van der Waals surface area (Å²) in [4.78, 5) is 23.7. The number of aryl methyl sites for hydroxylation is 1. The van der Waals surface area contributed by atoms with Crippen LogP contribution in [0.5, 0.6) is 0 Å². The summed E-state index contributed by atoms with van der Waals surface area (Å²) in [5.41, 5.74) is 3.59. The summed E-state index contributed by atoms with van der Waals surface area (Å²) in [7, 11) is 0. The molecule has 0 unspecified atom stereocenters. The molecule has 5 rings (SSSR count). The molecule has 4 heterocycles. The maximum Gasteiger partial charge on any atom is 0.259 e. The molecule has 8 heteroatoms. The van der Waals surface area contributed by atoms with E-state index in [1.807, 2.05) is 6.20 Å². The Morgan fingerprint density at radius 3 is 2.96 bits per heavy atom. The van der Waals surface area contributed by atoms with E-state index in [1.165, 1.54) is 22.5 Å². The summed E-state index contributed by atoms with van der Waals surface area (Å²) in [5.74, 6) is 0. The monoisotopic (exact) mass is 356 g/mol. The Kier molecular flexibility index (Phi) is 3.69. The molecule has 0 radical (unpaired) electrons. The third kappa shape index (κ3) is 2.52. The van der Waals surface area contributed by atoms with Crippen LogP contribution in [-0.4, -0.2) is 57.4 Å². The van der Waals surface area contributed by atoms with Crippen LogP contribution in [0.15, 0.2) is 17.3 Å². The van der Waals surface area contributed by atoms with Gasteiger partial charge in [0.2, 0.25) is 0 Å². The largest absolute Gasteiger partial charge is 0.314 e. The van der Waals surface area contributed by atoms with Gasteiger partial charge in [0, 0.05) is 48.9 Å². The standard InChI is InChI=1S/C17H20N6OS/c24-16-14-11-1-2-13-12(15(11)25-17(14)20-10-19-16)9-21-23(13)8-7-22-5-3-18-4-6-22/h9-10,18H,1-8H2,(H,19,20,24). The van der Waals surface area contributed by atoms with E-state index < -0.39 is 0 Å². The minimum Gasteiger partial charge on any atom is -0.314 e. The van der Waals surface area contributed by atoms with E-state index in [1.54, 1.807) is 11.3 Å². The number of thiophene rings is 1. The Bertz CT molecular complexity index is 981. The van der Waals surface area contributed by atoms with Crippen LogP contribution in [0.25, 0.3) is 20.7 Å². The molecule has 0 spiro atoms. The van der Waals surface area contributed by atoms with Crippen LogP contribution >= 0.6 is 11.3 Å². The Hall–Kier alpha value is -2.03. The summed E-state index contributed by atoms with van der Waals surface area (Å²) in [6.45, 7) is 6.33. The van der Waals surface area contributed by atoms with Crippen molar-refractivity contribution in [3.05, 3.63) is 34.1 Å². The molecular formula is C17H20N6OS. The number of aromatic nitrogens is 4. The van der Waals surface area contributed by atoms with E-state index in [-0.39, 0.29) is 5.56 Å². The number of fused-ring (bicyclic) bond motifs is 5. The number of nitrogens with one attached hydrogen (secondary N) is 2. The first-order chi connectivity index (χ1) is 12.3. The van der Waals surface area contributed by atoms with Crippen LogP contribution in [-0.2, 0) is 19.4 Å². The van der Waals surface area contributed by atoms with E-state index in [9.17, 15) is 4.79 Å². The lowest BCUT2D eigenvalue weighted by Crippen LogP contribution is -2.44. The zero-order valence-corrected chi connectivity index (χ0v) is 14.7. The van der Waals surface area contributed by atoms with Gasteiger partial charge in [0.1, 0.15) is 4.83 Å². The Balaban J connectivity index is 1.47. The summed E-state index contributed by atoms with van der Waals surface area (Å²) in [6, 6.07) is 0. The van der Waals surface area contributed by atoms with Crippen LogP contribution in [0.1, 0.15) is 11.3 Å². The van der Waals surface area contributed by atoms with Crippen molar-refractivity contribution in [2.45, 2.75) is 19.4 Å². The van der Waals surface area contributed by atoms with Crippen LogP contribution in [0.2, 0.25) is 0 Å². The Morgan fingerprint density at radius 2 is 2.08 bits per heavy atom. The third-order valence-corrected chi connectivity index (χ3v) is 6.41. The van der Waals surface area contributed by atoms with Gasteiger partial charge in [-0.05, 0) is 18.4 Å². The van der Waals surface area contributed by atoms with Crippen molar-refractivity contribution < 1.29 is 0 Å². The van der Waals surface area contributed by atoms with Crippen molar-refractivity contribution in [1.82, 2.24) is 30.0 Å². The summed E-state index contributed by atoms with van der Waals surface area (Å²) in [5, 5.41) is 8.80. The van der Waals surface area contributed by atoms with Gasteiger partial charge >= 0.3 is 0 Å². The fraction of sp³-hybridized carbons (Fsp3) is 0.471. The predicted molar refractivity (Wildman–Crippen MR) is 98.2 cm³/mol. The Morgan fingerprint density at radius 1 is 1.20 bits per heavy atom. The highest BCUT2D eigenvalue weighted by Gasteiger charge is 2.26. The van der Waals surface area contributed by atoms with Crippen molar-refractivity contribution in [1.29, 1.82) is 0 Å². The van der Waals surface area contributed by atoms with E-state index in [2.05, 4.69) is 30.0 Å². The first kappa shape index (κ1) is 15.2.